The second-order valence-corrected chi connectivity index (χ2v) is 10.6. The molecule has 31 heavy (non-hydrogen) atoms. The van der Waals surface area contributed by atoms with Crippen molar-refractivity contribution in [3.05, 3.63) is 41.3 Å². The van der Waals surface area contributed by atoms with E-state index < -0.39 is 15.9 Å². The predicted octanol–water partition coefficient (Wildman–Crippen LogP) is 2.34. The summed E-state index contributed by atoms with van der Waals surface area (Å²) in [6.07, 6.45) is 3.31. The Kier molecular flexibility index (Phi) is 6.09. The van der Waals surface area contributed by atoms with Crippen LogP contribution in [-0.2, 0) is 16.6 Å². The van der Waals surface area contributed by atoms with Crippen molar-refractivity contribution in [1.29, 1.82) is 0 Å². The largest absolute Gasteiger partial charge is 0.467 e. The number of furan rings is 1. The summed E-state index contributed by atoms with van der Waals surface area (Å²) in [5, 5.41) is 6.45. The molecule has 0 spiro atoms. The highest BCUT2D eigenvalue weighted by atomic mass is 32.2. The van der Waals surface area contributed by atoms with Crippen LogP contribution in [0.15, 0.2) is 28.9 Å². The van der Waals surface area contributed by atoms with E-state index in [0.717, 1.165) is 47.5 Å². The van der Waals surface area contributed by atoms with E-state index in [4.69, 9.17) is 10.2 Å². The summed E-state index contributed by atoms with van der Waals surface area (Å²) in [4.78, 5) is 12.2. The van der Waals surface area contributed by atoms with Gasteiger partial charge in [-0.15, -0.1) is 0 Å². The molecule has 4 N–H and O–H groups in total. The van der Waals surface area contributed by atoms with Gasteiger partial charge in [0.05, 0.1) is 29.8 Å². The first-order valence-electron chi connectivity index (χ1n) is 10.8. The third kappa shape index (κ3) is 4.22. The molecule has 1 amide bonds. The van der Waals surface area contributed by atoms with E-state index in [0.29, 0.717) is 31.1 Å². The SMILES string of the molecule is CCS(=O)(=O)N1CCC(C2CNc3c(C(N)=O)cc(-c4coc(CNC)c4)cc32)CC1. The molecule has 0 radical (unpaired) electrons. The molecule has 1 atom stereocenters. The summed E-state index contributed by atoms with van der Waals surface area (Å²) in [6, 6.07) is 5.91. The van der Waals surface area contributed by atoms with Crippen molar-refractivity contribution in [3.8, 4) is 11.1 Å². The third-order valence-corrected chi connectivity index (χ3v) is 8.38. The molecule has 8 nitrogen and oxygen atoms in total. The van der Waals surface area contributed by atoms with Crippen molar-refractivity contribution in [1.82, 2.24) is 9.62 Å². The molecule has 1 aromatic heterocycles. The van der Waals surface area contributed by atoms with Gasteiger partial charge in [-0.1, -0.05) is 0 Å². The fourth-order valence-electron chi connectivity index (χ4n) is 4.80. The van der Waals surface area contributed by atoms with E-state index in [1.54, 1.807) is 17.5 Å². The molecule has 1 saturated heterocycles. The summed E-state index contributed by atoms with van der Waals surface area (Å²) in [5.74, 6) is 1.05. The van der Waals surface area contributed by atoms with Gasteiger partial charge in [-0.05, 0) is 62.1 Å². The first-order valence-corrected chi connectivity index (χ1v) is 12.4. The zero-order valence-corrected chi connectivity index (χ0v) is 18.8. The van der Waals surface area contributed by atoms with Crippen molar-refractivity contribution in [2.75, 3.05) is 37.8 Å². The second kappa shape index (κ2) is 8.64. The second-order valence-electron chi connectivity index (χ2n) is 8.31. The predicted molar refractivity (Wildman–Crippen MR) is 120 cm³/mol. The van der Waals surface area contributed by atoms with Crippen molar-refractivity contribution in [2.45, 2.75) is 32.2 Å². The smallest absolute Gasteiger partial charge is 0.250 e. The number of hydrogen-bond donors (Lipinski definition) is 3. The first kappa shape index (κ1) is 21.9. The molecule has 0 bridgehead atoms. The van der Waals surface area contributed by atoms with Gasteiger partial charge >= 0.3 is 0 Å². The molecule has 2 aliphatic rings. The van der Waals surface area contributed by atoms with Gasteiger partial charge in [0.25, 0.3) is 5.91 Å². The Hall–Kier alpha value is -2.36. The number of piperidine rings is 1. The van der Waals surface area contributed by atoms with Crippen molar-refractivity contribution >= 4 is 21.6 Å². The maximum Gasteiger partial charge on any atom is 0.250 e. The van der Waals surface area contributed by atoms with Crippen LogP contribution in [0.2, 0.25) is 0 Å². The van der Waals surface area contributed by atoms with E-state index in [1.807, 2.05) is 19.2 Å². The van der Waals surface area contributed by atoms with E-state index in [9.17, 15) is 13.2 Å². The van der Waals surface area contributed by atoms with E-state index in [1.165, 1.54) is 0 Å². The zero-order chi connectivity index (χ0) is 22.2. The molecule has 1 aromatic carbocycles. The van der Waals surface area contributed by atoms with Crippen LogP contribution in [-0.4, -0.2) is 51.1 Å². The lowest BCUT2D eigenvalue weighted by Crippen LogP contribution is -2.40. The van der Waals surface area contributed by atoms with Gasteiger partial charge in [0.1, 0.15) is 5.76 Å². The first-order chi connectivity index (χ1) is 14.8. The van der Waals surface area contributed by atoms with Crippen LogP contribution in [0.4, 0.5) is 5.69 Å². The minimum atomic E-state index is -3.15. The molecular formula is C22H30N4O4S. The summed E-state index contributed by atoms with van der Waals surface area (Å²) >= 11 is 0. The molecule has 0 aliphatic carbocycles. The molecule has 2 aliphatic heterocycles. The standard InChI is InChI=1S/C22H30N4O4S/c1-3-31(28,29)26-6-4-14(5-7-26)20-12-25-21-18(20)9-15(10-19(21)22(23)27)16-8-17(11-24-2)30-13-16/h8-10,13-14,20,24-25H,3-7,11-12H2,1-2H3,(H2,23,27). The molecule has 168 valence electrons. The van der Waals surface area contributed by atoms with Gasteiger partial charge in [-0.25, -0.2) is 12.7 Å². The Morgan fingerprint density at radius 3 is 2.65 bits per heavy atom. The lowest BCUT2D eigenvalue weighted by Gasteiger charge is -2.34. The normalized spacial score (nSPS) is 19.9. The number of nitrogens with zero attached hydrogens (tertiary/aromatic N) is 1. The number of carbonyl (C=O) groups is 1. The maximum atomic E-state index is 12.2. The number of fused-ring (bicyclic) bond motifs is 1. The lowest BCUT2D eigenvalue weighted by atomic mass is 9.80. The van der Waals surface area contributed by atoms with Crippen LogP contribution in [0.25, 0.3) is 11.1 Å². The zero-order valence-electron chi connectivity index (χ0n) is 18.0. The molecule has 1 unspecified atom stereocenters. The number of carbonyl (C=O) groups excluding carboxylic acids is 1. The summed E-state index contributed by atoms with van der Waals surface area (Å²) in [7, 11) is -1.29. The van der Waals surface area contributed by atoms with Gasteiger partial charge in [0, 0.05) is 31.1 Å². The Morgan fingerprint density at radius 1 is 1.26 bits per heavy atom. The lowest BCUT2D eigenvalue weighted by molar-refractivity contribution is 0.100. The van der Waals surface area contributed by atoms with Crippen molar-refractivity contribution in [3.63, 3.8) is 0 Å². The van der Waals surface area contributed by atoms with Gasteiger partial charge in [0.15, 0.2) is 0 Å². The fourth-order valence-corrected chi connectivity index (χ4v) is 5.93. The van der Waals surface area contributed by atoms with Crippen LogP contribution in [0.1, 0.15) is 47.4 Å². The van der Waals surface area contributed by atoms with Crippen LogP contribution >= 0.6 is 0 Å². The number of amides is 1. The Balaban J connectivity index is 1.63. The molecular weight excluding hydrogens is 416 g/mol. The number of anilines is 1. The minimum absolute atomic E-state index is 0.136. The highest BCUT2D eigenvalue weighted by molar-refractivity contribution is 7.89. The molecule has 9 heteroatoms. The van der Waals surface area contributed by atoms with E-state index >= 15 is 0 Å². The van der Waals surface area contributed by atoms with Gasteiger partial charge in [0.2, 0.25) is 10.0 Å². The Labute approximate surface area is 183 Å². The van der Waals surface area contributed by atoms with Crippen LogP contribution < -0.4 is 16.4 Å². The number of primary amides is 1. The Bertz CT molecular complexity index is 1070. The average molecular weight is 447 g/mol. The summed E-state index contributed by atoms with van der Waals surface area (Å²) in [6.45, 7) is 4.12. The maximum absolute atomic E-state index is 12.2. The Morgan fingerprint density at radius 2 is 2.00 bits per heavy atom. The highest BCUT2D eigenvalue weighted by Gasteiger charge is 2.36. The topological polar surface area (TPSA) is 118 Å². The van der Waals surface area contributed by atoms with E-state index in [-0.39, 0.29) is 11.7 Å². The summed E-state index contributed by atoms with van der Waals surface area (Å²) < 4.78 is 31.6. The molecule has 0 saturated carbocycles. The molecule has 1 fully saturated rings. The number of hydrogen-bond acceptors (Lipinski definition) is 6. The van der Waals surface area contributed by atoms with Crippen LogP contribution in [0.5, 0.6) is 0 Å². The molecule has 4 rings (SSSR count). The summed E-state index contributed by atoms with van der Waals surface area (Å²) in [5.41, 5.74) is 9.89. The fraction of sp³-hybridized carbons (Fsp3) is 0.500. The van der Waals surface area contributed by atoms with Gasteiger partial charge in [-0.3, -0.25) is 4.79 Å². The number of benzene rings is 1. The average Bonchev–Trinajstić information content (AvgIpc) is 3.40. The molecule has 3 heterocycles. The van der Waals surface area contributed by atoms with Crippen LogP contribution in [0.3, 0.4) is 0 Å². The van der Waals surface area contributed by atoms with Crippen LogP contribution in [0, 0.1) is 5.92 Å². The monoisotopic (exact) mass is 446 g/mol. The third-order valence-electron chi connectivity index (χ3n) is 6.50. The number of sulfonamides is 1. The molecule has 2 aromatic rings. The van der Waals surface area contributed by atoms with Crippen molar-refractivity contribution < 1.29 is 17.6 Å². The number of rotatable bonds is 7. The van der Waals surface area contributed by atoms with Crippen molar-refractivity contribution in [2.24, 2.45) is 11.7 Å². The van der Waals surface area contributed by atoms with Gasteiger partial charge in [-0.2, -0.15) is 0 Å². The van der Waals surface area contributed by atoms with Gasteiger partial charge < -0.3 is 20.8 Å². The number of nitrogens with two attached hydrogens (primary N) is 1. The minimum Gasteiger partial charge on any atom is -0.467 e. The number of nitrogens with one attached hydrogen (secondary N) is 2. The van der Waals surface area contributed by atoms with E-state index in [2.05, 4.69) is 16.7 Å². The highest BCUT2D eigenvalue weighted by Crippen LogP contribution is 2.44. The quantitative estimate of drug-likeness (QED) is 0.601.